The van der Waals surface area contributed by atoms with Crippen molar-refractivity contribution in [2.75, 3.05) is 26.2 Å². The topological polar surface area (TPSA) is 61.6 Å². The molecule has 4 heterocycles. The maximum atomic E-state index is 13.2. The Bertz CT molecular complexity index is 1260. The molecule has 1 aromatic carbocycles. The Morgan fingerprint density at radius 2 is 2.06 bits per heavy atom. The molecule has 0 aliphatic carbocycles. The lowest BCUT2D eigenvalue weighted by Gasteiger charge is -2.29. The van der Waals surface area contributed by atoms with Gasteiger partial charge in [-0.05, 0) is 53.0 Å². The first kappa shape index (κ1) is 20.4. The molecule has 32 heavy (non-hydrogen) atoms. The van der Waals surface area contributed by atoms with Crippen LogP contribution >= 0.6 is 0 Å². The first-order valence-electron chi connectivity index (χ1n) is 10.9. The molecule has 0 fully saturated rings. The van der Waals surface area contributed by atoms with Gasteiger partial charge in [-0.2, -0.15) is 5.10 Å². The Labute approximate surface area is 187 Å². The number of carbonyl (C=O) groups is 1. The third kappa shape index (κ3) is 3.90. The van der Waals surface area contributed by atoms with Crippen LogP contribution in [0.2, 0.25) is 0 Å². The van der Waals surface area contributed by atoms with E-state index in [4.69, 9.17) is 5.11 Å². The smallest absolute Gasteiger partial charge is 0.255 e. The van der Waals surface area contributed by atoms with Crippen LogP contribution < -0.4 is 0 Å². The van der Waals surface area contributed by atoms with Crippen LogP contribution in [0.15, 0.2) is 90.0 Å². The predicted molar refractivity (Wildman–Crippen MR) is 126 cm³/mol. The van der Waals surface area contributed by atoms with Crippen LogP contribution in [0.1, 0.15) is 12.0 Å². The van der Waals surface area contributed by atoms with Crippen molar-refractivity contribution >= 4 is 22.4 Å². The van der Waals surface area contributed by atoms with E-state index in [-0.39, 0.29) is 12.5 Å². The summed E-state index contributed by atoms with van der Waals surface area (Å²) in [5.74, 6) is -0.0675. The number of carbonyl (C=O) groups excluding carboxylic acids is 1. The second-order valence-electron chi connectivity index (χ2n) is 8.22. The number of rotatable bonds is 4. The van der Waals surface area contributed by atoms with Crippen molar-refractivity contribution in [2.24, 2.45) is 7.05 Å². The van der Waals surface area contributed by atoms with E-state index in [1.165, 1.54) is 5.57 Å². The first-order valence-corrected chi connectivity index (χ1v) is 10.9. The number of aromatic nitrogens is 2. The summed E-state index contributed by atoms with van der Waals surface area (Å²) < 4.78 is 1.84. The van der Waals surface area contributed by atoms with E-state index >= 15 is 0 Å². The van der Waals surface area contributed by atoms with Crippen LogP contribution in [0.3, 0.4) is 0 Å². The van der Waals surface area contributed by atoms with Gasteiger partial charge < -0.3 is 5.11 Å². The minimum Gasteiger partial charge on any atom is -0.395 e. The minimum absolute atomic E-state index is 0.0675. The van der Waals surface area contributed by atoms with Gasteiger partial charge in [-0.15, -0.1) is 0 Å². The van der Waals surface area contributed by atoms with Crippen LogP contribution in [0, 0.1) is 0 Å². The number of hydrogen-bond donors (Lipinski definition) is 1. The van der Waals surface area contributed by atoms with Crippen molar-refractivity contribution in [3.63, 3.8) is 0 Å². The van der Waals surface area contributed by atoms with Gasteiger partial charge in [0.15, 0.2) is 0 Å². The van der Waals surface area contributed by atoms with Gasteiger partial charge >= 0.3 is 0 Å². The number of hydrogen-bond acceptors (Lipinski definition) is 4. The van der Waals surface area contributed by atoms with Crippen molar-refractivity contribution in [2.45, 2.75) is 6.42 Å². The van der Waals surface area contributed by atoms with E-state index in [0.29, 0.717) is 6.54 Å². The monoisotopic (exact) mass is 426 g/mol. The SMILES string of the molecule is Cn1ncc2cc(C3=C\C(=O)N4C=C(C5=CCN(CCO)CC5)C=C\C4=C/C=C/3)ccc21. The number of aliphatic hydroxyl groups is 1. The molecule has 0 unspecified atom stereocenters. The summed E-state index contributed by atoms with van der Waals surface area (Å²) in [6.07, 6.45) is 18.6. The van der Waals surface area contributed by atoms with Crippen molar-refractivity contribution < 1.29 is 9.90 Å². The van der Waals surface area contributed by atoms with E-state index in [2.05, 4.69) is 28.2 Å². The van der Waals surface area contributed by atoms with Crippen molar-refractivity contribution in [1.29, 1.82) is 0 Å². The molecule has 0 bridgehead atoms. The van der Waals surface area contributed by atoms with E-state index < -0.39 is 0 Å². The van der Waals surface area contributed by atoms with E-state index in [9.17, 15) is 4.79 Å². The number of β-amino-alcohol motifs (C(OH)–C–C–N with tert-alkyl or cyclic N) is 1. The summed E-state index contributed by atoms with van der Waals surface area (Å²) in [7, 11) is 1.92. The molecule has 162 valence electrons. The molecule has 0 spiro atoms. The number of fused-ring (bicyclic) bond motifs is 2. The second-order valence-corrected chi connectivity index (χ2v) is 8.22. The molecular formula is C26H26N4O2. The van der Waals surface area contributed by atoms with E-state index in [0.717, 1.165) is 52.8 Å². The highest BCUT2D eigenvalue weighted by atomic mass is 16.3. The van der Waals surface area contributed by atoms with Crippen molar-refractivity contribution in [3.8, 4) is 0 Å². The van der Waals surface area contributed by atoms with Crippen LogP contribution in [0.5, 0.6) is 0 Å². The fraction of sp³-hybridized carbons (Fsp3) is 0.231. The van der Waals surface area contributed by atoms with E-state index in [1.54, 1.807) is 11.0 Å². The van der Waals surface area contributed by atoms with Gasteiger partial charge in [-0.3, -0.25) is 19.3 Å². The van der Waals surface area contributed by atoms with Crippen LogP contribution in [-0.2, 0) is 11.8 Å². The van der Waals surface area contributed by atoms with Gasteiger partial charge in [0.2, 0.25) is 0 Å². The van der Waals surface area contributed by atoms with Gasteiger partial charge in [-0.25, -0.2) is 0 Å². The molecule has 3 aliphatic heterocycles. The lowest BCUT2D eigenvalue weighted by Crippen LogP contribution is -2.32. The molecule has 1 aromatic heterocycles. The fourth-order valence-corrected chi connectivity index (χ4v) is 4.37. The Morgan fingerprint density at radius 1 is 1.16 bits per heavy atom. The molecule has 0 saturated heterocycles. The molecule has 5 rings (SSSR count). The summed E-state index contributed by atoms with van der Waals surface area (Å²) >= 11 is 0. The molecule has 3 aliphatic rings. The second kappa shape index (κ2) is 8.57. The molecule has 1 amide bonds. The average molecular weight is 427 g/mol. The van der Waals surface area contributed by atoms with Gasteiger partial charge in [0.1, 0.15) is 0 Å². The van der Waals surface area contributed by atoms with Crippen LogP contribution in [-0.4, -0.2) is 56.8 Å². The Hall–Kier alpha value is -3.48. The summed E-state index contributed by atoms with van der Waals surface area (Å²) in [4.78, 5) is 17.2. The Balaban J connectivity index is 1.43. The molecule has 6 nitrogen and oxygen atoms in total. The van der Waals surface area contributed by atoms with Crippen molar-refractivity contribution in [3.05, 3.63) is 95.5 Å². The predicted octanol–water partition coefficient (Wildman–Crippen LogP) is 3.32. The zero-order chi connectivity index (χ0) is 22.1. The molecule has 1 N–H and O–H groups in total. The molecule has 0 saturated carbocycles. The zero-order valence-electron chi connectivity index (χ0n) is 18.1. The summed E-state index contributed by atoms with van der Waals surface area (Å²) in [6.45, 7) is 2.61. The number of aliphatic hydroxyl groups excluding tert-OH is 1. The van der Waals surface area contributed by atoms with Gasteiger partial charge in [0, 0.05) is 50.0 Å². The average Bonchev–Trinajstić information content (AvgIpc) is 3.18. The van der Waals surface area contributed by atoms with Gasteiger partial charge in [0.05, 0.1) is 18.3 Å². The number of amides is 1. The molecular weight excluding hydrogens is 400 g/mol. The maximum Gasteiger partial charge on any atom is 0.255 e. The maximum absolute atomic E-state index is 13.2. The minimum atomic E-state index is -0.0675. The number of benzene rings is 1. The molecule has 2 aromatic rings. The third-order valence-electron chi connectivity index (χ3n) is 6.20. The molecule has 0 radical (unpaired) electrons. The number of aryl methyl sites for hydroxylation is 1. The molecule has 6 heteroatoms. The lowest BCUT2D eigenvalue weighted by molar-refractivity contribution is -0.122. The number of allylic oxidation sites excluding steroid dienone is 7. The summed E-state index contributed by atoms with van der Waals surface area (Å²) in [5.41, 5.74) is 6.08. The standard InChI is InChI=1S/C26H26N4O2/c1-28-25-8-6-21(15-23(25)17-27-28)20-3-2-4-24-7-5-22(18-30(24)26(32)16-20)19-9-11-29(12-10-19)13-14-31/h2-9,15-18,31H,10-14H2,1H3/b3-2+,20-16+,24-4+. The highest BCUT2D eigenvalue weighted by Gasteiger charge is 2.21. The lowest BCUT2D eigenvalue weighted by atomic mass is 9.96. The van der Waals surface area contributed by atoms with E-state index in [1.807, 2.05) is 60.6 Å². The number of nitrogens with zero attached hydrogens (tertiary/aromatic N) is 4. The molecule has 0 atom stereocenters. The van der Waals surface area contributed by atoms with Gasteiger partial charge in [0.25, 0.3) is 5.91 Å². The van der Waals surface area contributed by atoms with Crippen molar-refractivity contribution in [1.82, 2.24) is 19.6 Å². The third-order valence-corrected chi connectivity index (χ3v) is 6.20. The zero-order valence-corrected chi connectivity index (χ0v) is 18.1. The fourth-order valence-electron chi connectivity index (χ4n) is 4.37. The largest absolute Gasteiger partial charge is 0.395 e. The first-order chi connectivity index (χ1) is 15.6. The summed E-state index contributed by atoms with van der Waals surface area (Å²) in [5, 5.41) is 14.5. The Morgan fingerprint density at radius 3 is 2.88 bits per heavy atom. The van der Waals surface area contributed by atoms with Gasteiger partial charge in [-0.1, -0.05) is 30.4 Å². The van der Waals surface area contributed by atoms with Crippen LogP contribution in [0.25, 0.3) is 16.5 Å². The quantitative estimate of drug-likeness (QED) is 0.815. The Kier molecular flexibility index (Phi) is 5.47. The highest BCUT2D eigenvalue weighted by molar-refractivity contribution is 6.00. The summed E-state index contributed by atoms with van der Waals surface area (Å²) in [6, 6.07) is 6.14. The normalized spacial score (nSPS) is 23.4. The van der Waals surface area contributed by atoms with Crippen LogP contribution in [0.4, 0.5) is 0 Å². The highest BCUT2D eigenvalue weighted by Crippen LogP contribution is 2.29.